The predicted octanol–water partition coefficient (Wildman–Crippen LogP) is 1.60. The highest BCUT2D eigenvalue weighted by molar-refractivity contribution is 5.82. The van der Waals surface area contributed by atoms with Crippen molar-refractivity contribution in [3.63, 3.8) is 0 Å². The molecule has 2 unspecified atom stereocenters. The number of hydrogen-bond acceptors (Lipinski definition) is 5. The molecule has 2 saturated heterocycles. The maximum atomic E-state index is 12.8. The van der Waals surface area contributed by atoms with Gasteiger partial charge in [-0.3, -0.25) is 19.4 Å². The highest BCUT2D eigenvalue weighted by atomic mass is 19.3. The summed E-state index contributed by atoms with van der Waals surface area (Å²) in [4.78, 5) is 29.2. The Kier molecular flexibility index (Phi) is 10.6. The van der Waals surface area contributed by atoms with Gasteiger partial charge in [0.25, 0.3) is 0 Å². The van der Waals surface area contributed by atoms with Crippen LogP contribution in [0.3, 0.4) is 0 Å². The van der Waals surface area contributed by atoms with Gasteiger partial charge in [-0.25, -0.2) is 8.78 Å². The number of aliphatic hydroxyl groups excluding tert-OH is 1. The number of likely N-dealkylation sites (tertiary alicyclic amines) is 2. The van der Waals surface area contributed by atoms with Gasteiger partial charge in [0.05, 0.1) is 18.7 Å². The third-order valence-corrected chi connectivity index (χ3v) is 6.31. The zero-order valence-corrected chi connectivity index (χ0v) is 19.2. The molecule has 180 valence electrons. The molecule has 0 saturated carbocycles. The van der Waals surface area contributed by atoms with Crippen molar-refractivity contribution in [1.82, 2.24) is 20.4 Å². The molecule has 2 rings (SSSR count). The van der Waals surface area contributed by atoms with E-state index in [9.17, 15) is 23.5 Å². The molecule has 3 N–H and O–H groups in total. The van der Waals surface area contributed by atoms with Crippen LogP contribution in [0.2, 0.25) is 0 Å². The van der Waals surface area contributed by atoms with Crippen LogP contribution in [0.4, 0.5) is 8.78 Å². The van der Waals surface area contributed by atoms with Crippen molar-refractivity contribution in [3.8, 4) is 0 Å². The Balaban J connectivity index is 1.78. The van der Waals surface area contributed by atoms with Gasteiger partial charge in [0.2, 0.25) is 18.2 Å². The summed E-state index contributed by atoms with van der Waals surface area (Å²) in [5.41, 5.74) is 0. The number of aliphatic hydroxyl groups is 1. The standard InChI is InChI=1S/C22H40F2N4O3/c1-15(2)25-22(31)19(28-12-8-18(29)9-13-28)5-4-16(3)26-20(30)14-27-10-6-17(7-11-27)21(23)24/h15-19,21,29H,4-14H2,1-3H3,(H,25,31)(H,26,30). The van der Waals surface area contributed by atoms with Gasteiger partial charge >= 0.3 is 0 Å². The summed E-state index contributed by atoms with van der Waals surface area (Å²) < 4.78 is 25.5. The van der Waals surface area contributed by atoms with E-state index in [4.69, 9.17) is 0 Å². The van der Waals surface area contributed by atoms with Crippen molar-refractivity contribution in [2.24, 2.45) is 5.92 Å². The van der Waals surface area contributed by atoms with Crippen molar-refractivity contribution in [2.45, 2.75) is 90.0 Å². The van der Waals surface area contributed by atoms with E-state index in [1.54, 1.807) is 0 Å². The fourth-order valence-corrected chi connectivity index (χ4v) is 4.42. The molecule has 7 nitrogen and oxygen atoms in total. The van der Waals surface area contributed by atoms with E-state index in [0.29, 0.717) is 64.7 Å². The SMILES string of the molecule is CC(C)NC(=O)C(CCC(C)NC(=O)CN1CCC(C(F)F)CC1)N1CCC(O)CC1. The molecule has 0 spiro atoms. The van der Waals surface area contributed by atoms with E-state index in [1.807, 2.05) is 25.7 Å². The largest absolute Gasteiger partial charge is 0.393 e. The Morgan fingerprint density at radius 3 is 2.13 bits per heavy atom. The molecule has 2 fully saturated rings. The second kappa shape index (κ2) is 12.6. The molecule has 0 aromatic heterocycles. The molecule has 31 heavy (non-hydrogen) atoms. The molecule has 0 bridgehead atoms. The minimum Gasteiger partial charge on any atom is -0.393 e. The van der Waals surface area contributed by atoms with E-state index in [1.165, 1.54) is 0 Å². The normalized spacial score (nSPS) is 21.9. The molecule has 9 heteroatoms. The predicted molar refractivity (Wildman–Crippen MR) is 116 cm³/mol. The van der Waals surface area contributed by atoms with Gasteiger partial charge in [0.15, 0.2) is 0 Å². The Morgan fingerprint density at radius 2 is 1.58 bits per heavy atom. The molecule has 2 aliphatic rings. The van der Waals surface area contributed by atoms with Crippen LogP contribution in [0.1, 0.15) is 59.3 Å². The Labute approximate surface area is 184 Å². The van der Waals surface area contributed by atoms with Gasteiger partial charge in [-0.05, 0) is 72.4 Å². The number of carbonyl (C=O) groups is 2. The minimum absolute atomic E-state index is 0.00758. The van der Waals surface area contributed by atoms with Crippen LogP contribution in [0, 0.1) is 5.92 Å². The lowest BCUT2D eigenvalue weighted by Crippen LogP contribution is -2.52. The second-order valence-electron chi connectivity index (χ2n) is 9.44. The van der Waals surface area contributed by atoms with Crippen molar-refractivity contribution in [3.05, 3.63) is 0 Å². The molecule has 0 aromatic carbocycles. The molecular formula is C22H40F2N4O3. The van der Waals surface area contributed by atoms with Crippen LogP contribution in [-0.2, 0) is 9.59 Å². The van der Waals surface area contributed by atoms with Crippen LogP contribution in [0.25, 0.3) is 0 Å². The number of hydrogen-bond donors (Lipinski definition) is 3. The average molecular weight is 447 g/mol. The average Bonchev–Trinajstić information content (AvgIpc) is 2.69. The maximum absolute atomic E-state index is 12.8. The number of alkyl halides is 2. The first-order valence-electron chi connectivity index (χ1n) is 11.7. The first-order chi connectivity index (χ1) is 14.7. The maximum Gasteiger partial charge on any atom is 0.241 e. The highest BCUT2D eigenvalue weighted by Gasteiger charge is 2.30. The lowest BCUT2D eigenvalue weighted by Gasteiger charge is -2.36. The van der Waals surface area contributed by atoms with E-state index in [0.717, 1.165) is 0 Å². The van der Waals surface area contributed by atoms with Crippen LogP contribution in [0.15, 0.2) is 0 Å². The zero-order chi connectivity index (χ0) is 23.0. The van der Waals surface area contributed by atoms with E-state index < -0.39 is 12.3 Å². The summed E-state index contributed by atoms with van der Waals surface area (Å²) in [5.74, 6) is -0.665. The van der Waals surface area contributed by atoms with E-state index in [2.05, 4.69) is 15.5 Å². The van der Waals surface area contributed by atoms with Crippen LogP contribution in [0.5, 0.6) is 0 Å². The number of halogens is 2. The molecule has 0 aromatic rings. The van der Waals surface area contributed by atoms with Gasteiger partial charge in [0.1, 0.15) is 0 Å². The third kappa shape index (κ3) is 8.98. The first kappa shape index (κ1) is 25.9. The molecule has 2 aliphatic heterocycles. The lowest BCUT2D eigenvalue weighted by molar-refractivity contribution is -0.128. The fourth-order valence-electron chi connectivity index (χ4n) is 4.42. The smallest absolute Gasteiger partial charge is 0.241 e. The quantitative estimate of drug-likeness (QED) is 0.475. The summed E-state index contributed by atoms with van der Waals surface area (Å²) in [6, 6.07) is -0.310. The zero-order valence-electron chi connectivity index (χ0n) is 19.2. The first-order valence-corrected chi connectivity index (χ1v) is 11.7. The minimum atomic E-state index is -2.28. The summed E-state index contributed by atoms with van der Waals surface area (Å²) in [6.07, 6.45) is 0.897. The van der Waals surface area contributed by atoms with E-state index in [-0.39, 0.29) is 42.6 Å². The van der Waals surface area contributed by atoms with Gasteiger partial charge in [-0.15, -0.1) is 0 Å². The monoisotopic (exact) mass is 446 g/mol. The van der Waals surface area contributed by atoms with Crippen LogP contribution < -0.4 is 10.6 Å². The highest BCUT2D eigenvalue weighted by Crippen LogP contribution is 2.23. The van der Waals surface area contributed by atoms with Crippen LogP contribution >= 0.6 is 0 Å². The van der Waals surface area contributed by atoms with Crippen molar-refractivity contribution < 1.29 is 23.5 Å². The Bertz CT molecular complexity index is 563. The molecular weight excluding hydrogens is 406 g/mol. The Morgan fingerprint density at radius 1 is 0.968 bits per heavy atom. The summed E-state index contributed by atoms with van der Waals surface area (Å²) in [6.45, 7) is 8.44. The third-order valence-electron chi connectivity index (χ3n) is 6.31. The fraction of sp³-hybridized carbons (Fsp3) is 0.909. The summed E-state index contributed by atoms with van der Waals surface area (Å²) >= 11 is 0. The molecule has 0 radical (unpaired) electrons. The topological polar surface area (TPSA) is 84.9 Å². The molecule has 2 amide bonds. The van der Waals surface area contributed by atoms with Gasteiger partial charge < -0.3 is 15.7 Å². The number of nitrogens with one attached hydrogen (secondary N) is 2. The number of amides is 2. The van der Waals surface area contributed by atoms with Crippen molar-refractivity contribution >= 4 is 11.8 Å². The number of nitrogens with zero attached hydrogens (tertiary/aromatic N) is 2. The van der Waals surface area contributed by atoms with Gasteiger partial charge in [-0.2, -0.15) is 0 Å². The van der Waals surface area contributed by atoms with E-state index >= 15 is 0 Å². The molecule has 2 atom stereocenters. The Hall–Kier alpha value is -1.32. The summed E-state index contributed by atoms with van der Waals surface area (Å²) in [7, 11) is 0. The van der Waals surface area contributed by atoms with Gasteiger partial charge in [0, 0.05) is 31.1 Å². The second-order valence-corrected chi connectivity index (χ2v) is 9.44. The summed E-state index contributed by atoms with van der Waals surface area (Å²) in [5, 5.41) is 15.7. The number of carbonyl (C=O) groups excluding carboxylic acids is 2. The lowest BCUT2D eigenvalue weighted by atomic mass is 9.97. The molecule has 2 heterocycles. The van der Waals surface area contributed by atoms with Crippen LogP contribution in [-0.4, -0.2) is 90.1 Å². The molecule has 0 aliphatic carbocycles. The van der Waals surface area contributed by atoms with Crippen molar-refractivity contribution in [2.75, 3.05) is 32.7 Å². The number of rotatable bonds is 10. The van der Waals surface area contributed by atoms with Gasteiger partial charge in [-0.1, -0.05) is 0 Å². The number of piperidine rings is 2. The van der Waals surface area contributed by atoms with Crippen molar-refractivity contribution in [1.29, 1.82) is 0 Å².